The molecule has 3 rings (SSSR count). The van der Waals surface area contributed by atoms with Crippen molar-refractivity contribution in [3.8, 4) is 0 Å². The van der Waals surface area contributed by atoms with Gasteiger partial charge in [-0.05, 0) is 29.3 Å². The molecule has 2 aromatic carbocycles. The Morgan fingerprint density at radius 2 is 1.83 bits per heavy atom. The van der Waals surface area contributed by atoms with Crippen LogP contribution in [0, 0.1) is 10.1 Å². The Bertz CT molecular complexity index is 1030. The van der Waals surface area contributed by atoms with Crippen molar-refractivity contribution in [3.63, 3.8) is 0 Å². The molecule has 0 unspecified atom stereocenters. The van der Waals surface area contributed by atoms with E-state index < -0.39 is 4.92 Å². The van der Waals surface area contributed by atoms with Crippen LogP contribution >= 0.6 is 34.5 Å². The van der Waals surface area contributed by atoms with E-state index in [1.807, 2.05) is 24.3 Å². The van der Waals surface area contributed by atoms with Gasteiger partial charge in [0.15, 0.2) is 5.13 Å². The number of halogens is 2. The van der Waals surface area contributed by atoms with E-state index in [-0.39, 0.29) is 11.1 Å². The fraction of sp³-hybridized carbons (Fsp3) is 0.286. The van der Waals surface area contributed by atoms with Crippen LogP contribution in [0.5, 0.6) is 0 Å². The van der Waals surface area contributed by atoms with Crippen LogP contribution in [0.25, 0.3) is 0 Å². The molecule has 1 heterocycles. The first-order valence-electron chi connectivity index (χ1n) is 9.05. The highest BCUT2D eigenvalue weighted by molar-refractivity contribution is 7.15. The maximum atomic E-state index is 11.0. The van der Waals surface area contributed by atoms with Crippen molar-refractivity contribution in [1.29, 1.82) is 0 Å². The van der Waals surface area contributed by atoms with Crippen LogP contribution in [0.4, 0.5) is 10.8 Å². The second-order valence-electron chi connectivity index (χ2n) is 7.73. The van der Waals surface area contributed by atoms with Crippen molar-refractivity contribution in [2.75, 3.05) is 5.32 Å². The molecule has 0 amide bonds. The summed E-state index contributed by atoms with van der Waals surface area (Å²) in [6, 6.07) is 12.2. The van der Waals surface area contributed by atoms with Crippen LogP contribution < -0.4 is 5.32 Å². The summed E-state index contributed by atoms with van der Waals surface area (Å²) in [6.45, 7) is 6.76. The van der Waals surface area contributed by atoms with Crippen molar-refractivity contribution in [2.24, 2.45) is 0 Å². The Morgan fingerprint density at radius 1 is 1.14 bits per heavy atom. The molecule has 0 radical (unpaired) electrons. The summed E-state index contributed by atoms with van der Waals surface area (Å²) in [5.74, 6) is 0. The Hall–Kier alpha value is -2.15. The van der Waals surface area contributed by atoms with Gasteiger partial charge in [-0.1, -0.05) is 56.1 Å². The van der Waals surface area contributed by atoms with E-state index in [9.17, 15) is 10.1 Å². The van der Waals surface area contributed by atoms with Crippen LogP contribution in [0.2, 0.25) is 10.0 Å². The predicted octanol–water partition coefficient (Wildman–Crippen LogP) is 6.86. The van der Waals surface area contributed by atoms with Gasteiger partial charge in [0, 0.05) is 45.4 Å². The second kappa shape index (κ2) is 8.69. The molecule has 5 nitrogen and oxygen atoms in total. The largest absolute Gasteiger partial charge is 0.357 e. The highest BCUT2D eigenvalue weighted by Crippen LogP contribution is 2.34. The van der Waals surface area contributed by atoms with Gasteiger partial charge in [0.2, 0.25) is 0 Å². The van der Waals surface area contributed by atoms with Crippen molar-refractivity contribution in [3.05, 3.63) is 84.3 Å². The first kappa shape index (κ1) is 21.6. The molecule has 29 heavy (non-hydrogen) atoms. The van der Waals surface area contributed by atoms with Gasteiger partial charge >= 0.3 is 0 Å². The molecule has 0 aliphatic rings. The molecule has 0 atom stereocenters. The quantitative estimate of drug-likeness (QED) is 0.329. The molecule has 0 spiro atoms. The highest BCUT2D eigenvalue weighted by Gasteiger charge is 2.23. The average molecular weight is 450 g/mol. The van der Waals surface area contributed by atoms with E-state index in [4.69, 9.17) is 28.2 Å². The van der Waals surface area contributed by atoms with Crippen LogP contribution in [-0.2, 0) is 18.4 Å². The van der Waals surface area contributed by atoms with Crippen molar-refractivity contribution in [1.82, 2.24) is 4.98 Å². The zero-order valence-corrected chi connectivity index (χ0v) is 18.7. The maximum Gasteiger partial charge on any atom is 0.269 e. The summed E-state index contributed by atoms with van der Waals surface area (Å²) in [5, 5.41) is 16.3. The summed E-state index contributed by atoms with van der Waals surface area (Å²) < 4.78 is 0. The molecule has 0 saturated heterocycles. The van der Waals surface area contributed by atoms with Crippen LogP contribution in [0.1, 0.15) is 42.5 Å². The lowest BCUT2D eigenvalue weighted by Crippen LogP contribution is -2.14. The molecule has 0 fully saturated rings. The van der Waals surface area contributed by atoms with E-state index in [0.29, 0.717) is 22.2 Å². The van der Waals surface area contributed by atoms with Crippen LogP contribution in [0.15, 0.2) is 42.5 Å². The minimum atomic E-state index is -0.425. The molecular weight excluding hydrogens is 429 g/mol. The van der Waals surface area contributed by atoms with Crippen molar-refractivity contribution in [2.45, 2.75) is 39.2 Å². The maximum absolute atomic E-state index is 11.0. The lowest BCUT2D eigenvalue weighted by molar-refractivity contribution is -0.384. The Morgan fingerprint density at radius 3 is 2.45 bits per heavy atom. The van der Waals surface area contributed by atoms with Crippen molar-refractivity contribution >= 4 is 45.4 Å². The van der Waals surface area contributed by atoms with Gasteiger partial charge in [0.05, 0.1) is 10.6 Å². The fourth-order valence-electron chi connectivity index (χ4n) is 2.90. The Kier molecular flexibility index (Phi) is 6.46. The van der Waals surface area contributed by atoms with E-state index in [2.05, 4.69) is 26.1 Å². The number of benzene rings is 2. The molecule has 0 saturated carbocycles. The van der Waals surface area contributed by atoms with Crippen LogP contribution in [0.3, 0.4) is 0 Å². The van der Waals surface area contributed by atoms with Gasteiger partial charge in [-0.2, -0.15) is 0 Å². The third-order valence-corrected chi connectivity index (χ3v) is 5.99. The summed E-state index contributed by atoms with van der Waals surface area (Å²) in [4.78, 5) is 16.6. The predicted molar refractivity (Wildman–Crippen MR) is 121 cm³/mol. The number of hydrogen-bond acceptors (Lipinski definition) is 5. The molecule has 0 aliphatic carbocycles. The smallest absolute Gasteiger partial charge is 0.269 e. The number of hydrogen-bond donors (Lipinski definition) is 1. The number of nitro benzene ring substituents is 1. The molecule has 0 bridgehead atoms. The second-order valence-corrected chi connectivity index (χ2v) is 9.66. The van der Waals surface area contributed by atoms with Crippen LogP contribution in [-0.4, -0.2) is 9.91 Å². The highest BCUT2D eigenvalue weighted by atomic mass is 35.5. The zero-order chi connectivity index (χ0) is 21.2. The van der Waals surface area contributed by atoms with Gasteiger partial charge in [0.25, 0.3) is 5.69 Å². The van der Waals surface area contributed by atoms with E-state index in [0.717, 1.165) is 22.8 Å². The standard InChI is InChI=1S/C21H21Cl2N3O2S/c1-21(2,3)19-18(10-13-4-6-15(22)7-5-13)29-20(25-19)24-12-14-11-16(26(27)28)8-9-17(14)23/h4-9,11H,10,12H2,1-3H3,(H,24,25). The summed E-state index contributed by atoms with van der Waals surface area (Å²) in [7, 11) is 0. The van der Waals surface area contributed by atoms with Gasteiger partial charge in [-0.15, -0.1) is 11.3 Å². The summed E-state index contributed by atoms with van der Waals surface area (Å²) in [6.07, 6.45) is 0.765. The summed E-state index contributed by atoms with van der Waals surface area (Å²) in [5.41, 5.74) is 2.76. The summed E-state index contributed by atoms with van der Waals surface area (Å²) >= 11 is 13.8. The van der Waals surface area contributed by atoms with Gasteiger partial charge in [-0.25, -0.2) is 4.98 Å². The van der Waals surface area contributed by atoms with E-state index in [1.54, 1.807) is 17.4 Å². The normalized spacial score (nSPS) is 11.5. The topological polar surface area (TPSA) is 68.1 Å². The molecule has 1 N–H and O–H groups in total. The minimum absolute atomic E-state index is 0.0177. The molecule has 3 aromatic rings. The molecular formula is C21H21Cl2N3O2S. The Labute approximate surface area is 183 Å². The van der Waals surface area contributed by atoms with E-state index in [1.165, 1.54) is 17.0 Å². The first-order chi connectivity index (χ1) is 13.6. The number of nitrogens with zero attached hydrogens (tertiary/aromatic N) is 2. The molecule has 152 valence electrons. The fourth-order valence-corrected chi connectivity index (χ4v) is 4.41. The number of nitro groups is 1. The monoisotopic (exact) mass is 449 g/mol. The SMILES string of the molecule is CC(C)(C)c1nc(NCc2cc([N+](=O)[O-])ccc2Cl)sc1Cc1ccc(Cl)cc1. The molecule has 8 heteroatoms. The van der Waals surface area contributed by atoms with E-state index >= 15 is 0 Å². The zero-order valence-electron chi connectivity index (χ0n) is 16.3. The van der Waals surface area contributed by atoms with Gasteiger partial charge in [-0.3, -0.25) is 10.1 Å². The number of aromatic nitrogens is 1. The molecule has 0 aliphatic heterocycles. The lowest BCUT2D eigenvalue weighted by atomic mass is 9.90. The van der Waals surface area contributed by atoms with Crippen molar-refractivity contribution < 1.29 is 4.92 Å². The van der Waals surface area contributed by atoms with Gasteiger partial charge < -0.3 is 5.32 Å². The first-order valence-corrected chi connectivity index (χ1v) is 10.6. The third kappa shape index (κ3) is 5.47. The minimum Gasteiger partial charge on any atom is -0.357 e. The number of non-ortho nitro benzene ring substituents is 1. The third-order valence-electron chi connectivity index (χ3n) is 4.36. The number of rotatable bonds is 6. The number of thiazole rings is 1. The lowest BCUT2D eigenvalue weighted by Gasteiger charge is -2.17. The van der Waals surface area contributed by atoms with Gasteiger partial charge in [0.1, 0.15) is 0 Å². The number of nitrogens with one attached hydrogen (secondary N) is 1. The number of anilines is 1. The average Bonchev–Trinajstić information content (AvgIpc) is 3.06. The Balaban J connectivity index is 1.83. The molecule has 1 aromatic heterocycles.